The number of aromatic nitrogens is 2. The molecule has 0 aliphatic carbocycles. The maximum Gasteiger partial charge on any atom is 0.416 e. The van der Waals surface area contributed by atoms with Gasteiger partial charge in [-0.2, -0.15) is 18.3 Å². The van der Waals surface area contributed by atoms with Crippen LogP contribution in [0.5, 0.6) is 0 Å². The van der Waals surface area contributed by atoms with Crippen LogP contribution >= 0.6 is 11.6 Å². The van der Waals surface area contributed by atoms with Gasteiger partial charge in [0.05, 0.1) is 16.9 Å². The van der Waals surface area contributed by atoms with Crippen molar-refractivity contribution in [1.82, 2.24) is 14.7 Å². The van der Waals surface area contributed by atoms with Gasteiger partial charge >= 0.3 is 6.18 Å². The highest BCUT2D eigenvalue weighted by Crippen LogP contribution is 2.32. The Hall–Kier alpha value is -3.78. The Morgan fingerprint density at radius 2 is 1.50 bits per heavy atom. The number of rotatable bonds is 4. The van der Waals surface area contributed by atoms with E-state index >= 15 is 0 Å². The molecular weight excluding hydrogens is 489 g/mol. The number of halogens is 4. The highest BCUT2D eigenvalue weighted by Gasteiger charge is 2.32. The number of hydrogen-bond acceptors (Lipinski definition) is 3. The van der Waals surface area contributed by atoms with Gasteiger partial charge in [0.15, 0.2) is 0 Å². The van der Waals surface area contributed by atoms with E-state index in [0.717, 1.165) is 17.7 Å². The first kappa shape index (κ1) is 23.9. The molecule has 0 atom stereocenters. The van der Waals surface area contributed by atoms with Crippen LogP contribution in [0.3, 0.4) is 0 Å². The summed E-state index contributed by atoms with van der Waals surface area (Å²) in [5.74, 6) is -0.201. The fourth-order valence-electron chi connectivity index (χ4n) is 4.30. The third kappa shape index (κ3) is 4.95. The lowest BCUT2D eigenvalue weighted by molar-refractivity contribution is -0.137. The first-order valence-electron chi connectivity index (χ1n) is 11.4. The largest absolute Gasteiger partial charge is 0.416 e. The van der Waals surface area contributed by atoms with Gasteiger partial charge < -0.3 is 9.80 Å². The minimum Gasteiger partial charge on any atom is -0.368 e. The molecule has 9 heteroatoms. The molecule has 0 radical (unpaired) electrons. The fraction of sp³-hybridized carbons (Fsp3) is 0.185. The van der Waals surface area contributed by atoms with Gasteiger partial charge in [-0.1, -0.05) is 54.1 Å². The first-order chi connectivity index (χ1) is 17.3. The summed E-state index contributed by atoms with van der Waals surface area (Å²) in [6.07, 6.45) is -4.40. The number of carbonyl (C=O) groups is 1. The Morgan fingerprint density at radius 3 is 2.19 bits per heavy atom. The van der Waals surface area contributed by atoms with E-state index in [4.69, 9.17) is 16.7 Å². The number of hydrogen-bond donors (Lipinski definition) is 0. The van der Waals surface area contributed by atoms with Crippen molar-refractivity contribution in [1.29, 1.82) is 0 Å². The summed E-state index contributed by atoms with van der Waals surface area (Å²) in [6, 6.07) is 23.7. The van der Waals surface area contributed by atoms with Crippen LogP contribution in [0, 0.1) is 0 Å². The molecule has 0 N–H and O–H groups in total. The number of anilines is 1. The topological polar surface area (TPSA) is 41.4 Å². The van der Waals surface area contributed by atoms with E-state index in [9.17, 15) is 18.0 Å². The van der Waals surface area contributed by atoms with Gasteiger partial charge in [0, 0.05) is 42.5 Å². The molecule has 4 aromatic rings. The van der Waals surface area contributed by atoms with Crippen LogP contribution in [0.15, 0.2) is 84.9 Å². The summed E-state index contributed by atoms with van der Waals surface area (Å²) < 4.78 is 41.0. The summed E-state index contributed by atoms with van der Waals surface area (Å²) in [5.41, 5.74) is 2.40. The molecule has 36 heavy (non-hydrogen) atoms. The van der Waals surface area contributed by atoms with Gasteiger partial charge in [-0.3, -0.25) is 4.79 Å². The highest BCUT2D eigenvalue weighted by atomic mass is 35.5. The Bertz CT molecular complexity index is 1380. The zero-order valence-electron chi connectivity index (χ0n) is 19.1. The molecule has 0 unspecified atom stereocenters. The van der Waals surface area contributed by atoms with Crippen molar-refractivity contribution in [3.8, 4) is 16.9 Å². The second-order valence-electron chi connectivity index (χ2n) is 8.50. The molecule has 3 aromatic carbocycles. The van der Waals surface area contributed by atoms with Crippen LogP contribution in [-0.4, -0.2) is 46.8 Å². The Morgan fingerprint density at radius 1 is 0.806 bits per heavy atom. The number of alkyl halides is 3. The average Bonchev–Trinajstić information content (AvgIpc) is 3.34. The first-order valence-corrected chi connectivity index (χ1v) is 11.8. The quantitative estimate of drug-likeness (QED) is 0.329. The number of amides is 1. The Kier molecular flexibility index (Phi) is 6.45. The number of carbonyl (C=O) groups excluding carboxylic acids is 1. The van der Waals surface area contributed by atoms with E-state index in [1.165, 1.54) is 6.07 Å². The predicted molar refractivity (Wildman–Crippen MR) is 134 cm³/mol. The van der Waals surface area contributed by atoms with Gasteiger partial charge in [-0.05, 0) is 42.5 Å². The SMILES string of the molecule is O=C(c1cc(-c2ccccc2)nn1-c1cccc(Cl)c1)N1CCN(c2cccc(C(F)(F)F)c2)CC1. The Balaban J connectivity index is 1.40. The third-order valence-electron chi connectivity index (χ3n) is 6.16. The van der Waals surface area contributed by atoms with Gasteiger partial charge in [-0.15, -0.1) is 0 Å². The van der Waals surface area contributed by atoms with E-state index in [1.807, 2.05) is 41.3 Å². The molecule has 0 bridgehead atoms. The van der Waals surface area contributed by atoms with Gasteiger partial charge in [0.2, 0.25) is 0 Å². The second-order valence-corrected chi connectivity index (χ2v) is 8.94. The van der Waals surface area contributed by atoms with E-state index in [2.05, 4.69) is 0 Å². The van der Waals surface area contributed by atoms with Gasteiger partial charge in [0.25, 0.3) is 5.91 Å². The van der Waals surface area contributed by atoms with E-state index in [-0.39, 0.29) is 5.91 Å². The van der Waals surface area contributed by atoms with Crippen molar-refractivity contribution in [2.45, 2.75) is 6.18 Å². The van der Waals surface area contributed by atoms with Crippen LogP contribution < -0.4 is 4.90 Å². The lowest BCUT2D eigenvalue weighted by Gasteiger charge is -2.36. The summed E-state index contributed by atoms with van der Waals surface area (Å²) in [7, 11) is 0. The fourth-order valence-corrected chi connectivity index (χ4v) is 4.48. The summed E-state index contributed by atoms with van der Waals surface area (Å²) in [6.45, 7) is 1.58. The van der Waals surface area contributed by atoms with Gasteiger partial charge in [-0.25, -0.2) is 4.68 Å². The zero-order chi connectivity index (χ0) is 25.3. The molecule has 0 spiro atoms. The molecule has 1 aliphatic rings. The maximum atomic E-state index is 13.6. The molecular formula is C27H22ClF3N4O. The smallest absolute Gasteiger partial charge is 0.368 e. The molecule has 184 valence electrons. The molecule has 1 saturated heterocycles. The van der Waals surface area contributed by atoms with E-state index in [0.29, 0.717) is 54.0 Å². The third-order valence-corrected chi connectivity index (χ3v) is 6.39. The Labute approximate surface area is 211 Å². The van der Waals surface area contributed by atoms with Crippen LogP contribution in [0.4, 0.5) is 18.9 Å². The number of benzene rings is 3. The molecule has 0 saturated carbocycles. The minimum absolute atomic E-state index is 0.201. The monoisotopic (exact) mass is 510 g/mol. The van der Waals surface area contributed by atoms with E-state index < -0.39 is 11.7 Å². The normalized spacial score (nSPS) is 14.2. The number of piperazine rings is 1. The van der Waals surface area contributed by atoms with Crippen molar-refractivity contribution in [2.24, 2.45) is 0 Å². The van der Waals surface area contributed by atoms with Crippen molar-refractivity contribution < 1.29 is 18.0 Å². The molecule has 5 rings (SSSR count). The van der Waals surface area contributed by atoms with Crippen molar-refractivity contribution in [3.05, 3.63) is 101 Å². The van der Waals surface area contributed by atoms with Crippen molar-refractivity contribution in [3.63, 3.8) is 0 Å². The number of nitrogens with zero attached hydrogens (tertiary/aromatic N) is 4. The average molecular weight is 511 g/mol. The van der Waals surface area contributed by atoms with Gasteiger partial charge in [0.1, 0.15) is 5.69 Å². The van der Waals surface area contributed by atoms with Crippen LogP contribution in [0.25, 0.3) is 16.9 Å². The minimum atomic E-state index is -4.40. The molecule has 1 fully saturated rings. The molecule has 1 amide bonds. The standard InChI is InChI=1S/C27H22ClF3N4O/c28-21-9-5-11-23(17-21)35-25(18-24(32-35)19-6-2-1-3-7-19)26(36)34-14-12-33(13-15-34)22-10-4-8-20(16-22)27(29,30)31/h1-11,16-18H,12-15H2. The van der Waals surface area contributed by atoms with Crippen molar-refractivity contribution in [2.75, 3.05) is 31.1 Å². The zero-order valence-corrected chi connectivity index (χ0v) is 19.9. The lowest BCUT2D eigenvalue weighted by Crippen LogP contribution is -2.49. The van der Waals surface area contributed by atoms with E-state index in [1.54, 1.807) is 39.9 Å². The maximum absolute atomic E-state index is 13.6. The van der Waals surface area contributed by atoms with Crippen LogP contribution in [-0.2, 0) is 6.18 Å². The molecule has 1 aliphatic heterocycles. The summed E-state index contributed by atoms with van der Waals surface area (Å²) >= 11 is 6.20. The highest BCUT2D eigenvalue weighted by molar-refractivity contribution is 6.30. The second kappa shape index (κ2) is 9.70. The van der Waals surface area contributed by atoms with Crippen molar-refractivity contribution >= 4 is 23.2 Å². The molecule has 5 nitrogen and oxygen atoms in total. The summed E-state index contributed by atoms with van der Waals surface area (Å²) in [5, 5.41) is 5.22. The summed E-state index contributed by atoms with van der Waals surface area (Å²) in [4.78, 5) is 17.2. The lowest BCUT2D eigenvalue weighted by atomic mass is 10.1. The predicted octanol–water partition coefficient (Wildman–Crippen LogP) is 6.17. The molecule has 1 aromatic heterocycles. The molecule has 2 heterocycles. The van der Waals surface area contributed by atoms with Crippen LogP contribution in [0.1, 0.15) is 16.1 Å². The van der Waals surface area contributed by atoms with Crippen LogP contribution in [0.2, 0.25) is 5.02 Å².